The first-order valence-corrected chi connectivity index (χ1v) is 9.29. The van der Waals surface area contributed by atoms with E-state index in [-0.39, 0.29) is 0 Å². The number of likely N-dealkylation sites (tertiary alicyclic amines) is 1. The summed E-state index contributed by atoms with van der Waals surface area (Å²) in [6, 6.07) is 0. The van der Waals surface area contributed by atoms with E-state index in [1.807, 2.05) is 13.8 Å². The van der Waals surface area contributed by atoms with E-state index in [1.165, 1.54) is 32.1 Å². The molecular weight excluding hydrogens is 302 g/mol. The maximum atomic E-state index is 5.97. The standard InChI is InChI=1S/C18H31N5O/c1-13-14(2)24-17(22-13)12-23-8-6-16(7-9-23)11-21-18(19)20-10-15-4-3-5-15/h15-16H,3-12H2,1-2H3,(H3,19,20,21). The number of aromatic nitrogens is 1. The lowest BCUT2D eigenvalue weighted by atomic mass is 9.86. The summed E-state index contributed by atoms with van der Waals surface area (Å²) in [5, 5.41) is 3.31. The number of nitrogens with two attached hydrogens (primary N) is 1. The molecule has 24 heavy (non-hydrogen) atoms. The molecule has 0 bridgehead atoms. The molecular formula is C18H31N5O. The second kappa shape index (κ2) is 8.01. The Morgan fingerprint density at radius 3 is 2.58 bits per heavy atom. The minimum absolute atomic E-state index is 0.620. The first kappa shape index (κ1) is 17.3. The summed E-state index contributed by atoms with van der Waals surface area (Å²) < 4.78 is 5.69. The van der Waals surface area contributed by atoms with Gasteiger partial charge >= 0.3 is 0 Å². The van der Waals surface area contributed by atoms with Gasteiger partial charge in [0.05, 0.1) is 12.2 Å². The quantitative estimate of drug-likeness (QED) is 0.616. The van der Waals surface area contributed by atoms with E-state index in [9.17, 15) is 0 Å². The van der Waals surface area contributed by atoms with Crippen molar-refractivity contribution in [3.05, 3.63) is 17.3 Å². The van der Waals surface area contributed by atoms with Crippen molar-refractivity contribution < 1.29 is 4.42 Å². The number of nitrogens with one attached hydrogen (secondary N) is 1. The van der Waals surface area contributed by atoms with Crippen molar-refractivity contribution in [2.24, 2.45) is 22.6 Å². The topological polar surface area (TPSA) is 79.7 Å². The molecule has 6 heteroatoms. The van der Waals surface area contributed by atoms with Crippen LogP contribution in [0, 0.1) is 25.7 Å². The fraction of sp³-hybridized carbons (Fsp3) is 0.778. The molecule has 3 rings (SSSR count). The largest absolute Gasteiger partial charge is 0.444 e. The van der Waals surface area contributed by atoms with Gasteiger partial charge in [-0.15, -0.1) is 0 Å². The minimum Gasteiger partial charge on any atom is -0.444 e. The zero-order valence-corrected chi connectivity index (χ0v) is 15.1. The summed E-state index contributed by atoms with van der Waals surface area (Å²) in [4.78, 5) is 11.4. The van der Waals surface area contributed by atoms with Crippen molar-refractivity contribution in [3.63, 3.8) is 0 Å². The molecule has 1 saturated heterocycles. The van der Waals surface area contributed by atoms with Crippen LogP contribution >= 0.6 is 0 Å². The molecule has 1 aromatic rings. The normalized spacial score (nSPS) is 21.0. The van der Waals surface area contributed by atoms with Crippen LogP contribution in [-0.4, -0.2) is 42.0 Å². The molecule has 2 heterocycles. The highest BCUT2D eigenvalue weighted by atomic mass is 16.4. The van der Waals surface area contributed by atoms with Crippen molar-refractivity contribution in [2.75, 3.05) is 26.2 Å². The maximum Gasteiger partial charge on any atom is 0.208 e. The molecule has 0 unspecified atom stereocenters. The Labute approximate surface area is 144 Å². The third-order valence-electron chi connectivity index (χ3n) is 5.46. The van der Waals surface area contributed by atoms with E-state index in [0.29, 0.717) is 11.9 Å². The first-order valence-electron chi connectivity index (χ1n) is 9.29. The molecule has 2 fully saturated rings. The van der Waals surface area contributed by atoms with Gasteiger partial charge in [-0.3, -0.25) is 9.89 Å². The van der Waals surface area contributed by atoms with E-state index in [2.05, 4.69) is 20.2 Å². The Morgan fingerprint density at radius 2 is 2.00 bits per heavy atom. The highest BCUT2D eigenvalue weighted by Gasteiger charge is 2.21. The number of oxazole rings is 1. The van der Waals surface area contributed by atoms with Crippen LogP contribution in [0.25, 0.3) is 0 Å². The number of piperidine rings is 1. The minimum atomic E-state index is 0.620. The van der Waals surface area contributed by atoms with Crippen LogP contribution < -0.4 is 11.1 Å². The number of nitrogens with zero attached hydrogens (tertiary/aromatic N) is 3. The fourth-order valence-corrected chi connectivity index (χ4v) is 3.35. The molecule has 0 atom stereocenters. The third-order valence-corrected chi connectivity index (χ3v) is 5.46. The Balaban J connectivity index is 1.34. The second-order valence-electron chi connectivity index (χ2n) is 7.37. The fourth-order valence-electron chi connectivity index (χ4n) is 3.35. The molecule has 6 nitrogen and oxygen atoms in total. The van der Waals surface area contributed by atoms with E-state index < -0.39 is 0 Å². The van der Waals surface area contributed by atoms with Gasteiger partial charge in [0.2, 0.25) is 5.89 Å². The summed E-state index contributed by atoms with van der Waals surface area (Å²) in [5.74, 6) is 3.84. The van der Waals surface area contributed by atoms with Crippen molar-refractivity contribution in [1.82, 2.24) is 15.2 Å². The second-order valence-corrected chi connectivity index (χ2v) is 7.37. The van der Waals surface area contributed by atoms with Crippen LogP contribution in [0.5, 0.6) is 0 Å². The highest BCUT2D eigenvalue weighted by molar-refractivity contribution is 5.77. The van der Waals surface area contributed by atoms with E-state index in [4.69, 9.17) is 10.2 Å². The third kappa shape index (κ3) is 4.72. The monoisotopic (exact) mass is 333 g/mol. The number of aliphatic imine (C=N–C) groups is 1. The van der Waals surface area contributed by atoms with Crippen molar-refractivity contribution in [3.8, 4) is 0 Å². The summed E-state index contributed by atoms with van der Waals surface area (Å²) in [7, 11) is 0. The van der Waals surface area contributed by atoms with Crippen LogP contribution in [0.3, 0.4) is 0 Å². The highest BCUT2D eigenvalue weighted by Crippen LogP contribution is 2.26. The molecule has 3 N–H and O–H groups in total. The Morgan fingerprint density at radius 1 is 1.25 bits per heavy atom. The van der Waals surface area contributed by atoms with Gasteiger partial charge in [-0.05, 0) is 64.5 Å². The summed E-state index contributed by atoms with van der Waals surface area (Å²) in [5.41, 5.74) is 6.97. The predicted molar refractivity (Wildman–Crippen MR) is 95.8 cm³/mol. The maximum absolute atomic E-state index is 5.97. The molecule has 0 amide bonds. The van der Waals surface area contributed by atoms with Gasteiger partial charge in [0.15, 0.2) is 5.96 Å². The SMILES string of the molecule is Cc1nc(CN2CCC(CNC(N)=NCC3CCC3)CC2)oc1C. The van der Waals surface area contributed by atoms with Gasteiger partial charge < -0.3 is 15.5 Å². The van der Waals surface area contributed by atoms with Crippen molar-refractivity contribution in [1.29, 1.82) is 0 Å². The summed E-state index contributed by atoms with van der Waals surface area (Å²) in [6.45, 7) is 8.80. The molecule has 1 saturated carbocycles. The molecule has 0 spiro atoms. The molecule has 134 valence electrons. The summed E-state index contributed by atoms with van der Waals surface area (Å²) in [6.07, 6.45) is 6.36. The van der Waals surface area contributed by atoms with Gasteiger partial charge in [0.25, 0.3) is 0 Å². The van der Waals surface area contributed by atoms with Crippen LogP contribution in [0.15, 0.2) is 9.41 Å². The first-order chi connectivity index (χ1) is 11.6. The van der Waals surface area contributed by atoms with Gasteiger partial charge in [0, 0.05) is 13.1 Å². The molecule has 0 radical (unpaired) electrons. The van der Waals surface area contributed by atoms with E-state index in [0.717, 1.165) is 56.0 Å². The number of aryl methyl sites for hydroxylation is 2. The lowest BCUT2D eigenvalue weighted by Gasteiger charge is -2.31. The van der Waals surface area contributed by atoms with Crippen LogP contribution in [0.4, 0.5) is 0 Å². The molecule has 1 aliphatic carbocycles. The molecule has 0 aromatic carbocycles. The van der Waals surface area contributed by atoms with Crippen LogP contribution in [-0.2, 0) is 6.54 Å². The van der Waals surface area contributed by atoms with Crippen LogP contribution in [0.2, 0.25) is 0 Å². The lowest BCUT2D eigenvalue weighted by molar-refractivity contribution is 0.164. The predicted octanol–water partition coefficient (Wildman–Crippen LogP) is 2.21. The zero-order chi connectivity index (χ0) is 16.9. The molecule has 1 aromatic heterocycles. The van der Waals surface area contributed by atoms with Gasteiger partial charge in [-0.1, -0.05) is 6.42 Å². The number of rotatable bonds is 6. The number of hydrogen-bond donors (Lipinski definition) is 2. The zero-order valence-electron chi connectivity index (χ0n) is 15.1. The number of hydrogen-bond acceptors (Lipinski definition) is 4. The van der Waals surface area contributed by atoms with Gasteiger partial charge in [-0.2, -0.15) is 0 Å². The Hall–Kier alpha value is -1.56. The molecule has 1 aliphatic heterocycles. The average molecular weight is 333 g/mol. The van der Waals surface area contributed by atoms with E-state index in [1.54, 1.807) is 0 Å². The number of guanidine groups is 1. The Bertz CT molecular complexity index is 536. The Kier molecular flexibility index (Phi) is 5.76. The van der Waals surface area contributed by atoms with E-state index >= 15 is 0 Å². The smallest absolute Gasteiger partial charge is 0.208 e. The van der Waals surface area contributed by atoms with Gasteiger partial charge in [0.1, 0.15) is 5.76 Å². The van der Waals surface area contributed by atoms with Gasteiger partial charge in [-0.25, -0.2) is 4.98 Å². The van der Waals surface area contributed by atoms with Crippen molar-refractivity contribution in [2.45, 2.75) is 52.5 Å². The van der Waals surface area contributed by atoms with Crippen LogP contribution in [0.1, 0.15) is 49.4 Å². The summed E-state index contributed by atoms with van der Waals surface area (Å²) >= 11 is 0. The average Bonchev–Trinajstić information content (AvgIpc) is 2.83. The lowest BCUT2D eigenvalue weighted by Crippen LogP contribution is -2.40. The van der Waals surface area contributed by atoms with Crippen molar-refractivity contribution >= 4 is 5.96 Å². The molecule has 2 aliphatic rings.